The lowest BCUT2D eigenvalue weighted by Gasteiger charge is -2.41. The number of nitrogens with zero attached hydrogens (tertiary/aromatic N) is 2. The fourth-order valence-corrected chi connectivity index (χ4v) is 5.77. The number of esters is 1. The number of carbonyl (C=O) groups is 2. The Morgan fingerprint density at radius 2 is 1.89 bits per heavy atom. The first-order chi connectivity index (χ1) is 21.4. The molecule has 1 amide bonds. The summed E-state index contributed by atoms with van der Waals surface area (Å²) in [5.41, 5.74) is 2.30. The number of hydrogen-bond acceptors (Lipinski definition) is 10. The van der Waals surface area contributed by atoms with Gasteiger partial charge in [0.1, 0.15) is 18.8 Å². The summed E-state index contributed by atoms with van der Waals surface area (Å²) in [5.74, 6) is 1.40. The molecule has 5 rings (SSSR count). The number of nitrogens with one attached hydrogen (secondary N) is 2. The van der Waals surface area contributed by atoms with Crippen LogP contribution < -0.4 is 24.8 Å². The summed E-state index contributed by atoms with van der Waals surface area (Å²) in [6, 6.07) is 13.1. The van der Waals surface area contributed by atoms with Gasteiger partial charge in [0.15, 0.2) is 11.5 Å². The average molecular weight is 605 g/mol. The number of aliphatic hydroxyl groups is 1. The Labute approximate surface area is 257 Å². The highest BCUT2D eigenvalue weighted by Crippen LogP contribution is 2.33. The standard InChI is InChI=1S/C33H40N4O7/c1-4-42-30(39)12-7-23-6-8-25(31-24(23)9-11-29(36-31)41-3)26(38)21-37-15-13-33(14-16-37,32(40)34-2)35-20-22-5-10-27-28(19-22)44-18-17-43-27/h5-12,19,26,35,38H,4,13-18,20-21H2,1-3H3,(H,34,40)/b12-7+. The fourth-order valence-electron chi connectivity index (χ4n) is 5.77. The number of benzene rings is 2. The van der Waals surface area contributed by atoms with Gasteiger partial charge in [-0.15, -0.1) is 0 Å². The molecule has 0 aliphatic carbocycles. The van der Waals surface area contributed by atoms with Crippen molar-refractivity contribution in [2.75, 3.05) is 53.6 Å². The van der Waals surface area contributed by atoms with Crippen LogP contribution >= 0.6 is 0 Å². The zero-order valence-corrected chi connectivity index (χ0v) is 25.4. The zero-order chi connectivity index (χ0) is 31.1. The molecule has 0 radical (unpaired) electrons. The molecule has 3 aromatic rings. The van der Waals surface area contributed by atoms with E-state index in [9.17, 15) is 14.7 Å². The lowest BCUT2D eigenvalue weighted by atomic mass is 9.85. The molecule has 0 spiro atoms. The van der Waals surface area contributed by atoms with Crippen molar-refractivity contribution in [3.8, 4) is 17.4 Å². The van der Waals surface area contributed by atoms with Gasteiger partial charge in [-0.1, -0.05) is 18.2 Å². The first kappa shape index (κ1) is 31.2. The summed E-state index contributed by atoms with van der Waals surface area (Å²) in [6.45, 7) is 5.22. The van der Waals surface area contributed by atoms with Gasteiger partial charge in [-0.2, -0.15) is 0 Å². The third-order valence-electron chi connectivity index (χ3n) is 8.19. The van der Waals surface area contributed by atoms with E-state index in [1.165, 1.54) is 6.08 Å². The van der Waals surface area contributed by atoms with Crippen LogP contribution in [0.2, 0.25) is 0 Å². The van der Waals surface area contributed by atoms with Crippen molar-refractivity contribution in [3.63, 3.8) is 0 Å². The van der Waals surface area contributed by atoms with Crippen LogP contribution in [0.5, 0.6) is 17.4 Å². The van der Waals surface area contributed by atoms with Crippen LogP contribution in [0.1, 0.15) is 42.6 Å². The van der Waals surface area contributed by atoms with Gasteiger partial charge in [-0.25, -0.2) is 9.78 Å². The molecule has 0 saturated carbocycles. The van der Waals surface area contributed by atoms with Crippen molar-refractivity contribution in [1.82, 2.24) is 20.5 Å². The zero-order valence-electron chi connectivity index (χ0n) is 25.4. The first-order valence-corrected chi connectivity index (χ1v) is 14.9. The highest BCUT2D eigenvalue weighted by Gasteiger charge is 2.40. The van der Waals surface area contributed by atoms with Gasteiger partial charge in [0.05, 0.1) is 25.3 Å². The van der Waals surface area contributed by atoms with Crippen LogP contribution in [-0.2, 0) is 20.9 Å². The second-order valence-corrected chi connectivity index (χ2v) is 10.9. The predicted octanol–water partition coefficient (Wildman–Crippen LogP) is 2.99. The molecule has 0 bridgehead atoms. The summed E-state index contributed by atoms with van der Waals surface area (Å²) < 4.78 is 21.7. The van der Waals surface area contributed by atoms with E-state index in [2.05, 4.69) is 20.5 Å². The number of β-amino-alcohol motifs (C(OH)–C–C–N with tert-alkyl or cyclic N) is 1. The van der Waals surface area contributed by atoms with Crippen molar-refractivity contribution in [2.45, 2.75) is 38.0 Å². The molecule has 44 heavy (non-hydrogen) atoms. The number of hydrogen-bond donors (Lipinski definition) is 3. The number of rotatable bonds is 11. The third kappa shape index (κ3) is 6.96. The Kier molecular flexibility index (Phi) is 9.99. The molecule has 2 aromatic carbocycles. The third-order valence-corrected chi connectivity index (χ3v) is 8.19. The molecular formula is C33H40N4O7. The maximum Gasteiger partial charge on any atom is 0.330 e. The van der Waals surface area contributed by atoms with Crippen LogP contribution in [-0.4, -0.2) is 86.0 Å². The summed E-state index contributed by atoms with van der Waals surface area (Å²) in [7, 11) is 3.20. The highest BCUT2D eigenvalue weighted by molar-refractivity contribution is 5.95. The van der Waals surface area contributed by atoms with E-state index >= 15 is 0 Å². The Morgan fingerprint density at radius 3 is 2.61 bits per heavy atom. The van der Waals surface area contributed by atoms with E-state index in [0.717, 1.165) is 28.0 Å². The Hall–Kier alpha value is -4.19. The number of piperidine rings is 1. The minimum absolute atomic E-state index is 0.0519. The molecule has 1 aromatic heterocycles. The number of fused-ring (bicyclic) bond motifs is 2. The lowest BCUT2D eigenvalue weighted by Crippen LogP contribution is -2.61. The quantitative estimate of drug-likeness (QED) is 0.222. The molecule has 234 valence electrons. The number of likely N-dealkylation sites (N-methyl/N-ethyl adjacent to an activating group) is 1. The molecule has 11 heteroatoms. The van der Waals surface area contributed by atoms with Crippen LogP contribution in [0.15, 0.2) is 48.5 Å². The molecule has 1 saturated heterocycles. The fraction of sp³-hybridized carbons (Fsp3) is 0.424. The van der Waals surface area contributed by atoms with E-state index in [1.807, 2.05) is 36.4 Å². The van der Waals surface area contributed by atoms with E-state index in [-0.39, 0.29) is 5.91 Å². The van der Waals surface area contributed by atoms with E-state index in [1.54, 1.807) is 33.2 Å². The van der Waals surface area contributed by atoms with Crippen molar-refractivity contribution < 1.29 is 33.6 Å². The SMILES string of the molecule is CCOC(=O)/C=C/c1ccc(C(O)CN2CCC(NCc3ccc4c(c3)OCCO4)(C(=O)NC)CC2)c2nc(OC)ccc12. The number of methoxy groups -OCH3 is 1. The molecule has 1 atom stereocenters. The largest absolute Gasteiger partial charge is 0.486 e. The number of carbonyl (C=O) groups excluding carboxylic acids is 2. The van der Waals surface area contributed by atoms with Crippen LogP contribution in [0.3, 0.4) is 0 Å². The van der Waals surface area contributed by atoms with Gasteiger partial charge in [-0.3, -0.25) is 10.1 Å². The van der Waals surface area contributed by atoms with Gasteiger partial charge >= 0.3 is 5.97 Å². The maximum absolute atomic E-state index is 13.1. The number of pyridine rings is 1. The molecule has 2 aliphatic rings. The normalized spacial score (nSPS) is 16.9. The van der Waals surface area contributed by atoms with Gasteiger partial charge in [0.25, 0.3) is 0 Å². The van der Waals surface area contributed by atoms with Crippen molar-refractivity contribution in [3.05, 3.63) is 65.2 Å². The smallest absolute Gasteiger partial charge is 0.330 e. The summed E-state index contributed by atoms with van der Waals surface area (Å²) in [5, 5.41) is 18.6. The number of ether oxygens (including phenoxy) is 4. The Balaban J connectivity index is 1.28. The molecule has 1 unspecified atom stereocenters. The number of aromatic nitrogens is 1. The minimum Gasteiger partial charge on any atom is -0.486 e. The second kappa shape index (κ2) is 14.1. The van der Waals surface area contributed by atoms with Gasteiger partial charge < -0.3 is 34.3 Å². The summed E-state index contributed by atoms with van der Waals surface area (Å²) in [4.78, 5) is 31.8. The van der Waals surface area contributed by atoms with Crippen molar-refractivity contribution in [1.29, 1.82) is 0 Å². The van der Waals surface area contributed by atoms with E-state index in [0.29, 0.717) is 75.8 Å². The van der Waals surface area contributed by atoms with Gasteiger partial charge in [-0.05, 0) is 55.2 Å². The molecule has 3 heterocycles. The number of aliphatic hydroxyl groups excluding tert-OH is 1. The molecule has 2 aliphatic heterocycles. The maximum atomic E-state index is 13.1. The van der Waals surface area contributed by atoms with Crippen molar-refractivity contribution >= 4 is 28.9 Å². The number of amides is 1. The van der Waals surface area contributed by atoms with Crippen LogP contribution in [0.25, 0.3) is 17.0 Å². The highest BCUT2D eigenvalue weighted by atomic mass is 16.6. The lowest BCUT2D eigenvalue weighted by molar-refractivity contribution is -0.137. The Bertz CT molecular complexity index is 1520. The Morgan fingerprint density at radius 1 is 1.11 bits per heavy atom. The van der Waals surface area contributed by atoms with Crippen LogP contribution in [0, 0.1) is 0 Å². The first-order valence-electron chi connectivity index (χ1n) is 14.9. The summed E-state index contributed by atoms with van der Waals surface area (Å²) >= 11 is 0. The molecule has 3 N–H and O–H groups in total. The molecular weight excluding hydrogens is 564 g/mol. The van der Waals surface area contributed by atoms with Gasteiger partial charge in [0, 0.05) is 56.3 Å². The second-order valence-electron chi connectivity index (χ2n) is 10.9. The van der Waals surface area contributed by atoms with E-state index < -0.39 is 17.6 Å². The summed E-state index contributed by atoms with van der Waals surface area (Å²) in [6.07, 6.45) is 3.39. The molecule has 11 nitrogen and oxygen atoms in total. The monoisotopic (exact) mass is 604 g/mol. The molecule has 1 fully saturated rings. The van der Waals surface area contributed by atoms with Crippen LogP contribution in [0.4, 0.5) is 0 Å². The number of likely N-dealkylation sites (tertiary alicyclic amines) is 1. The van der Waals surface area contributed by atoms with Gasteiger partial charge in [0.2, 0.25) is 11.8 Å². The minimum atomic E-state index is -0.835. The van der Waals surface area contributed by atoms with E-state index in [4.69, 9.17) is 18.9 Å². The average Bonchev–Trinajstić information content (AvgIpc) is 3.06. The predicted molar refractivity (Wildman–Crippen MR) is 166 cm³/mol. The topological polar surface area (TPSA) is 131 Å². The van der Waals surface area contributed by atoms with Crippen molar-refractivity contribution in [2.24, 2.45) is 0 Å².